The van der Waals surface area contributed by atoms with Crippen molar-refractivity contribution in [2.45, 2.75) is 12.8 Å². The third kappa shape index (κ3) is 2.45. The predicted octanol–water partition coefficient (Wildman–Crippen LogP) is 1.36. The van der Waals surface area contributed by atoms with Crippen molar-refractivity contribution in [1.82, 2.24) is 15.0 Å². The average Bonchev–Trinajstić information content (AvgIpc) is 2.97. The molecule has 0 bridgehead atoms. The van der Waals surface area contributed by atoms with Gasteiger partial charge in [0.05, 0.1) is 6.61 Å². The lowest BCUT2D eigenvalue weighted by atomic mass is 10.5. The van der Waals surface area contributed by atoms with Gasteiger partial charge in [-0.3, -0.25) is 0 Å². The third-order valence-electron chi connectivity index (χ3n) is 1.96. The highest BCUT2D eigenvalue weighted by Crippen LogP contribution is 2.29. The van der Waals surface area contributed by atoms with Crippen molar-refractivity contribution in [2.75, 3.05) is 19.0 Å². The molecule has 0 radical (unpaired) electrons. The largest absolute Gasteiger partial charge is 0.463 e. The quantitative estimate of drug-likeness (QED) is 0.820. The maximum atomic E-state index is 5.68. The first-order valence-electron chi connectivity index (χ1n) is 4.50. The Morgan fingerprint density at radius 2 is 2.21 bits per heavy atom. The van der Waals surface area contributed by atoms with Crippen molar-refractivity contribution in [3.05, 3.63) is 5.28 Å². The molecule has 0 aliphatic heterocycles. The molecule has 0 amide bonds. The van der Waals surface area contributed by atoms with E-state index in [1.165, 1.54) is 12.8 Å². The van der Waals surface area contributed by atoms with Crippen LogP contribution in [0.3, 0.4) is 0 Å². The van der Waals surface area contributed by atoms with Crippen LogP contribution in [0.1, 0.15) is 12.8 Å². The standard InChI is InChI=1S/C8H11ClN4O/c1-10-7-11-6(9)12-8(13-7)14-4-5-2-3-5/h5H,2-4H2,1H3,(H,10,11,12,13). The molecular formula is C8H11ClN4O. The Morgan fingerprint density at radius 1 is 1.43 bits per heavy atom. The molecule has 14 heavy (non-hydrogen) atoms. The summed E-state index contributed by atoms with van der Waals surface area (Å²) < 4.78 is 5.37. The number of rotatable bonds is 4. The monoisotopic (exact) mass is 214 g/mol. The molecule has 1 saturated carbocycles. The number of anilines is 1. The van der Waals surface area contributed by atoms with Crippen LogP contribution in [0.15, 0.2) is 0 Å². The van der Waals surface area contributed by atoms with Gasteiger partial charge >= 0.3 is 6.01 Å². The molecule has 2 rings (SSSR count). The van der Waals surface area contributed by atoms with E-state index in [0.29, 0.717) is 24.5 Å². The molecule has 0 saturated heterocycles. The molecule has 1 fully saturated rings. The first-order valence-corrected chi connectivity index (χ1v) is 4.88. The highest BCUT2D eigenvalue weighted by molar-refractivity contribution is 6.28. The molecule has 1 N–H and O–H groups in total. The molecular weight excluding hydrogens is 204 g/mol. The van der Waals surface area contributed by atoms with Gasteiger partial charge in [0.25, 0.3) is 0 Å². The second-order valence-electron chi connectivity index (χ2n) is 3.22. The van der Waals surface area contributed by atoms with E-state index in [4.69, 9.17) is 16.3 Å². The number of halogens is 1. The molecule has 6 heteroatoms. The van der Waals surface area contributed by atoms with Crippen molar-refractivity contribution in [3.8, 4) is 6.01 Å². The number of hydrogen-bond donors (Lipinski definition) is 1. The summed E-state index contributed by atoms with van der Waals surface area (Å²) in [7, 11) is 1.72. The number of nitrogens with zero attached hydrogens (tertiary/aromatic N) is 3. The van der Waals surface area contributed by atoms with Crippen LogP contribution >= 0.6 is 11.6 Å². The number of aromatic nitrogens is 3. The van der Waals surface area contributed by atoms with Crippen molar-refractivity contribution in [1.29, 1.82) is 0 Å². The molecule has 0 atom stereocenters. The first-order chi connectivity index (χ1) is 6.78. The Hall–Kier alpha value is -1.10. The van der Waals surface area contributed by atoms with Crippen LogP contribution in [0, 0.1) is 5.92 Å². The molecule has 1 heterocycles. The lowest BCUT2D eigenvalue weighted by molar-refractivity contribution is 0.276. The number of ether oxygens (including phenoxy) is 1. The second-order valence-corrected chi connectivity index (χ2v) is 3.55. The SMILES string of the molecule is CNc1nc(Cl)nc(OCC2CC2)n1. The van der Waals surface area contributed by atoms with E-state index in [1.807, 2.05) is 0 Å². The molecule has 1 aromatic rings. The van der Waals surface area contributed by atoms with Gasteiger partial charge in [0.15, 0.2) is 0 Å². The molecule has 0 aromatic carbocycles. The molecule has 1 aliphatic carbocycles. The zero-order chi connectivity index (χ0) is 9.97. The third-order valence-corrected chi connectivity index (χ3v) is 2.13. The van der Waals surface area contributed by atoms with E-state index >= 15 is 0 Å². The van der Waals surface area contributed by atoms with E-state index < -0.39 is 0 Å². The van der Waals surface area contributed by atoms with Crippen LogP contribution < -0.4 is 10.1 Å². The van der Waals surface area contributed by atoms with Crippen LogP contribution in [0.25, 0.3) is 0 Å². The van der Waals surface area contributed by atoms with Crippen LogP contribution in [-0.4, -0.2) is 28.6 Å². The highest BCUT2D eigenvalue weighted by Gasteiger charge is 2.22. The number of nitrogens with one attached hydrogen (secondary N) is 1. The lowest BCUT2D eigenvalue weighted by Crippen LogP contribution is -2.06. The van der Waals surface area contributed by atoms with Gasteiger partial charge < -0.3 is 10.1 Å². The van der Waals surface area contributed by atoms with Gasteiger partial charge in [0, 0.05) is 7.05 Å². The van der Waals surface area contributed by atoms with Gasteiger partial charge in [-0.25, -0.2) is 0 Å². The van der Waals surface area contributed by atoms with Gasteiger partial charge in [0.1, 0.15) is 0 Å². The van der Waals surface area contributed by atoms with Gasteiger partial charge in [-0.2, -0.15) is 15.0 Å². The van der Waals surface area contributed by atoms with E-state index in [9.17, 15) is 0 Å². The Morgan fingerprint density at radius 3 is 2.86 bits per heavy atom. The molecule has 1 aromatic heterocycles. The van der Waals surface area contributed by atoms with E-state index in [1.54, 1.807) is 7.05 Å². The first kappa shape index (κ1) is 9.45. The fraction of sp³-hybridized carbons (Fsp3) is 0.625. The Bertz CT molecular complexity index is 329. The summed E-state index contributed by atoms with van der Waals surface area (Å²) in [5, 5.41) is 2.93. The van der Waals surface area contributed by atoms with Gasteiger partial charge in [-0.05, 0) is 30.4 Å². The van der Waals surface area contributed by atoms with Crippen molar-refractivity contribution in [3.63, 3.8) is 0 Å². The Labute approximate surface area is 86.9 Å². The van der Waals surface area contributed by atoms with Crippen molar-refractivity contribution in [2.24, 2.45) is 5.92 Å². The smallest absolute Gasteiger partial charge is 0.322 e. The Kier molecular flexibility index (Phi) is 2.67. The molecule has 0 spiro atoms. The van der Waals surface area contributed by atoms with Crippen molar-refractivity contribution < 1.29 is 4.74 Å². The zero-order valence-electron chi connectivity index (χ0n) is 7.83. The van der Waals surface area contributed by atoms with Gasteiger partial charge in [-0.1, -0.05) is 0 Å². The maximum absolute atomic E-state index is 5.68. The highest BCUT2D eigenvalue weighted by atomic mass is 35.5. The van der Waals surface area contributed by atoms with Crippen LogP contribution in [0.4, 0.5) is 5.95 Å². The number of hydrogen-bond acceptors (Lipinski definition) is 5. The Balaban J connectivity index is 2.03. The van der Waals surface area contributed by atoms with E-state index in [0.717, 1.165) is 0 Å². The zero-order valence-corrected chi connectivity index (χ0v) is 8.58. The van der Waals surface area contributed by atoms with Gasteiger partial charge in [0.2, 0.25) is 11.2 Å². The van der Waals surface area contributed by atoms with E-state index in [-0.39, 0.29) is 5.28 Å². The summed E-state index contributed by atoms with van der Waals surface area (Å²) in [6, 6.07) is 0.293. The minimum atomic E-state index is 0.148. The summed E-state index contributed by atoms with van der Waals surface area (Å²) in [6.07, 6.45) is 2.47. The lowest BCUT2D eigenvalue weighted by Gasteiger charge is -2.04. The summed E-state index contributed by atoms with van der Waals surface area (Å²) >= 11 is 5.68. The fourth-order valence-electron chi connectivity index (χ4n) is 0.985. The normalized spacial score (nSPS) is 15.3. The van der Waals surface area contributed by atoms with Crippen LogP contribution in [0.5, 0.6) is 6.01 Å². The van der Waals surface area contributed by atoms with E-state index in [2.05, 4.69) is 20.3 Å². The minimum absolute atomic E-state index is 0.148. The fourth-order valence-corrected chi connectivity index (χ4v) is 1.14. The molecule has 5 nitrogen and oxygen atoms in total. The molecule has 1 aliphatic rings. The van der Waals surface area contributed by atoms with Gasteiger partial charge in [-0.15, -0.1) is 0 Å². The minimum Gasteiger partial charge on any atom is -0.463 e. The molecule has 76 valence electrons. The van der Waals surface area contributed by atoms with Crippen LogP contribution in [0.2, 0.25) is 5.28 Å². The predicted molar refractivity (Wildman–Crippen MR) is 52.6 cm³/mol. The van der Waals surface area contributed by atoms with Crippen molar-refractivity contribution >= 4 is 17.5 Å². The van der Waals surface area contributed by atoms with Crippen LogP contribution in [-0.2, 0) is 0 Å². The second kappa shape index (κ2) is 3.96. The summed E-state index contributed by atoms with van der Waals surface area (Å²) in [5.74, 6) is 1.10. The topological polar surface area (TPSA) is 59.9 Å². The molecule has 0 unspecified atom stereocenters. The summed E-state index contributed by atoms with van der Waals surface area (Å²) in [4.78, 5) is 11.7. The summed E-state index contributed by atoms with van der Waals surface area (Å²) in [5.41, 5.74) is 0. The summed E-state index contributed by atoms with van der Waals surface area (Å²) in [6.45, 7) is 0.670. The average molecular weight is 215 g/mol. The maximum Gasteiger partial charge on any atom is 0.322 e.